The summed E-state index contributed by atoms with van der Waals surface area (Å²) in [6, 6.07) is 1.02. The molecule has 1 aromatic heterocycles. The maximum Gasteiger partial charge on any atom is 0.0672 e. The van der Waals surface area contributed by atoms with Crippen molar-refractivity contribution in [2.24, 2.45) is 5.92 Å². The van der Waals surface area contributed by atoms with Gasteiger partial charge >= 0.3 is 0 Å². The molecule has 0 spiro atoms. The first-order chi connectivity index (χ1) is 10.2. The predicted molar refractivity (Wildman–Crippen MR) is 89.7 cm³/mol. The van der Waals surface area contributed by atoms with Crippen molar-refractivity contribution >= 4 is 0 Å². The van der Waals surface area contributed by atoms with Gasteiger partial charge in [0.25, 0.3) is 0 Å². The lowest BCUT2D eigenvalue weighted by molar-refractivity contribution is 0.212. The molecule has 1 aromatic rings. The van der Waals surface area contributed by atoms with Crippen LogP contribution in [0.1, 0.15) is 88.8 Å². The van der Waals surface area contributed by atoms with E-state index in [-0.39, 0.29) is 0 Å². The fraction of sp³-hybridized carbons (Fsp3) is 0.833. The van der Waals surface area contributed by atoms with Gasteiger partial charge in [0.15, 0.2) is 0 Å². The highest BCUT2D eigenvalue weighted by atomic mass is 15.3. The third kappa shape index (κ3) is 3.18. The summed E-state index contributed by atoms with van der Waals surface area (Å²) in [6.45, 7) is 9.12. The first kappa shape index (κ1) is 16.5. The van der Waals surface area contributed by atoms with Crippen molar-refractivity contribution in [3.05, 3.63) is 17.0 Å². The molecule has 0 aromatic carbocycles. The van der Waals surface area contributed by atoms with Crippen LogP contribution in [0.5, 0.6) is 0 Å². The van der Waals surface area contributed by atoms with Gasteiger partial charge in [-0.15, -0.1) is 0 Å². The number of rotatable bonds is 6. The molecule has 1 N–H and O–H groups in total. The van der Waals surface area contributed by atoms with Gasteiger partial charge in [-0.05, 0) is 45.6 Å². The second-order valence-electron chi connectivity index (χ2n) is 6.49. The Bertz CT molecular complexity index is 450. The summed E-state index contributed by atoms with van der Waals surface area (Å²) < 4.78 is 2.43. The Hall–Kier alpha value is -0.830. The minimum absolute atomic E-state index is 0.396. The first-order valence-corrected chi connectivity index (χ1v) is 8.95. The van der Waals surface area contributed by atoms with Gasteiger partial charge in [-0.25, -0.2) is 0 Å². The molecule has 0 saturated heterocycles. The lowest BCUT2D eigenvalue weighted by Gasteiger charge is -2.32. The standard InChI is InChI=1S/C18H33N3/c1-6-14-11-9-10-12-17(14)21-16(8-3)18(13(4)19-5)15(7-2)20-21/h13-14,17,19H,6-12H2,1-5H3. The fourth-order valence-electron chi connectivity index (χ4n) is 4.05. The zero-order valence-electron chi connectivity index (χ0n) is 14.6. The van der Waals surface area contributed by atoms with Gasteiger partial charge in [0.2, 0.25) is 0 Å². The average Bonchev–Trinajstić information content (AvgIpc) is 2.92. The Balaban J connectivity index is 2.45. The highest BCUT2D eigenvalue weighted by Gasteiger charge is 2.30. The summed E-state index contributed by atoms with van der Waals surface area (Å²) >= 11 is 0. The smallest absolute Gasteiger partial charge is 0.0672 e. The molecular formula is C18H33N3. The van der Waals surface area contributed by atoms with Crippen molar-refractivity contribution in [2.75, 3.05) is 7.05 Å². The van der Waals surface area contributed by atoms with E-state index in [1.807, 2.05) is 0 Å². The second-order valence-corrected chi connectivity index (χ2v) is 6.49. The highest BCUT2D eigenvalue weighted by molar-refractivity contribution is 5.30. The van der Waals surface area contributed by atoms with E-state index in [9.17, 15) is 0 Å². The topological polar surface area (TPSA) is 29.9 Å². The van der Waals surface area contributed by atoms with E-state index in [0.29, 0.717) is 12.1 Å². The minimum atomic E-state index is 0.396. The van der Waals surface area contributed by atoms with E-state index in [0.717, 1.165) is 18.8 Å². The summed E-state index contributed by atoms with van der Waals surface area (Å²) in [7, 11) is 2.05. The Morgan fingerprint density at radius 3 is 2.48 bits per heavy atom. The second kappa shape index (κ2) is 7.44. The quantitative estimate of drug-likeness (QED) is 0.840. The third-order valence-corrected chi connectivity index (χ3v) is 5.37. The van der Waals surface area contributed by atoms with Gasteiger partial charge in [0.05, 0.1) is 11.7 Å². The zero-order chi connectivity index (χ0) is 15.4. The Labute approximate surface area is 130 Å². The normalized spacial score (nSPS) is 24.2. The van der Waals surface area contributed by atoms with Crippen molar-refractivity contribution in [3.63, 3.8) is 0 Å². The van der Waals surface area contributed by atoms with E-state index >= 15 is 0 Å². The lowest BCUT2D eigenvalue weighted by atomic mass is 9.82. The summed E-state index contributed by atoms with van der Waals surface area (Å²) in [6.07, 6.45) is 8.85. The third-order valence-electron chi connectivity index (χ3n) is 5.37. The Kier molecular flexibility index (Phi) is 5.86. The van der Waals surface area contributed by atoms with Crippen molar-refractivity contribution in [1.82, 2.24) is 15.1 Å². The highest BCUT2D eigenvalue weighted by Crippen LogP contribution is 2.38. The van der Waals surface area contributed by atoms with Crippen LogP contribution in [0.25, 0.3) is 0 Å². The molecular weight excluding hydrogens is 258 g/mol. The Morgan fingerprint density at radius 1 is 1.19 bits per heavy atom. The van der Waals surface area contributed by atoms with Crippen LogP contribution in [-0.2, 0) is 12.8 Å². The number of hydrogen-bond donors (Lipinski definition) is 1. The molecule has 120 valence electrons. The van der Waals surface area contributed by atoms with Crippen LogP contribution in [0.2, 0.25) is 0 Å². The maximum atomic E-state index is 5.07. The van der Waals surface area contributed by atoms with Crippen LogP contribution in [0, 0.1) is 5.92 Å². The fourth-order valence-corrected chi connectivity index (χ4v) is 4.05. The van der Waals surface area contributed by atoms with E-state index in [1.165, 1.54) is 49.1 Å². The molecule has 3 nitrogen and oxygen atoms in total. The summed E-state index contributed by atoms with van der Waals surface area (Å²) in [5.41, 5.74) is 4.23. The number of nitrogens with zero attached hydrogens (tertiary/aromatic N) is 2. The van der Waals surface area contributed by atoms with Crippen molar-refractivity contribution in [1.29, 1.82) is 0 Å². The first-order valence-electron chi connectivity index (χ1n) is 8.95. The van der Waals surface area contributed by atoms with Crippen LogP contribution in [0.15, 0.2) is 0 Å². The minimum Gasteiger partial charge on any atom is -0.313 e. The zero-order valence-corrected chi connectivity index (χ0v) is 14.6. The number of nitrogens with one attached hydrogen (secondary N) is 1. The van der Waals surface area contributed by atoms with Crippen LogP contribution in [0.4, 0.5) is 0 Å². The van der Waals surface area contributed by atoms with E-state index in [2.05, 4.69) is 44.7 Å². The van der Waals surface area contributed by atoms with Gasteiger partial charge in [-0.1, -0.05) is 40.0 Å². The van der Waals surface area contributed by atoms with Crippen LogP contribution >= 0.6 is 0 Å². The molecule has 0 bridgehead atoms. The molecule has 21 heavy (non-hydrogen) atoms. The Morgan fingerprint density at radius 2 is 1.90 bits per heavy atom. The van der Waals surface area contributed by atoms with Crippen LogP contribution in [0.3, 0.4) is 0 Å². The van der Waals surface area contributed by atoms with E-state index in [4.69, 9.17) is 5.10 Å². The number of aryl methyl sites for hydroxylation is 1. The molecule has 1 aliphatic carbocycles. The van der Waals surface area contributed by atoms with Gasteiger partial charge in [0, 0.05) is 17.3 Å². The van der Waals surface area contributed by atoms with Gasteiger partial charge < -0.3 is 5.32 Å². The lowest BCUT2D eigenvalue weighted by Crippen LogP contribution is -2.25. The molecule has 1 aliphatic rings. The molecule has 3 atom stereocenters. The molecule has 3 heteroatoms. The maximum absolute atomic E-state index is 5.07. The van der Waals surface area contributed by atoms with Crippen molar-refractivity contribution in [3.8, 4) is 0 Å². The molecule has 1 heterocycles. The average molecular weight is 291 g/mol. The largest absolute Gasteiger partial charge is 0.313 e. The van der Waals surface area contributed by atoms with Gasteiger partial charge in [0.1, 0.15) is 0 Å². The van der Waals surface area contributed by atoms with E-state index < -0.39 is 0 Å². The van der Waals surface area contributed by atoms with E-state index in [1.54, 1.807) is 0 Å². The molecule has 1 saturated carbocycles. The van der Waals surface area contributed by atoms with Gasteiger partial charge in [-0.3, -0.25) is 4.68 Å². The molecule has 3 unspecified atom stereocenters. The van der Waals surface area contributed by atoms with Gasteiger partial charge in [-0.2, -0.15) is 5.10 Å². The molecule has 0 radical (unpaired) electrons. The molecule has 0 aliphatic heterocycles. The van der Waals surface area contributed by atoms with Crippen LogP contribution < -0.4 is 5.32 Å². The number of aromatic nitrogens is 2. The summed E-state index contributed by atoms with van der Waals surface area (Å²) in [4.78, 5) is 0. The SMILES string of the molecule is CCc1nn(C2CCCCC2CC)c(CC)c1C(C)NC. The molecule has 2 rings (SSSR count). The summed E-state index contributed by atoms with van der Waals surface area (Å²) in [5.74, 6) is 0.811. The van der Waals surface area contributed by atoms with Crippen LogP contribution in [-0.4, -0.2) is 16.8 Å². The number of hydrogen-bond acceptors (Lipinski definition) is 2. The molecule has 1 fully saturated rings. The predicted octanol–water partition coefficient (Wildman–Crippen LogP) is 4.43. The molecule has 0 amide bonds. The van der Waals surface area contributed by atoms with Crippen molar-refractivity contribution < 1.29 is 0 Å². The monoisotopic (exact) mass is 291 g/mol. The summed E-state index contributed by atoms with van der Waals surface area (Å²) in [5, 5.41) is 8.49. The van der Waals surface area contributed by atoms with Crippen molar-refractivity contribution in [2.45, 2.75) is 84.7 Å².